The van der Waals surface area contributed by atoms with Gasteiger partial charge in [0.15, 0.2) is 0 Å². The van der Waals surface area contributed by atoms with Gasteiger partial charge < -0.3 is 5.32 Å². The number of allylic oxidation sites excluding steroid dienone is 1. The number of hydrogen-bond donors (Lipinski definition) is 1. The highest BCUT2D eigenvalue weighted by atomic mass is 127. The lowest BCUT2D eigenvalue weighted by Crippen LogP contribution is -2.08. The highest BCUT2D eigenvalue weighted by Gasteiger charge is 2.12. The maximum Gasteiger partial charge on any atom is 0.0429 e. The fraction of sp³-hybridized carbons (Fsp3) is 0.273. The van der Waals surface area contributed by atoms with E-state index in [9.17, 15) is 0 Å². The van der Waals surface area contributed by atoms with Gasteiger partial charge >= 0.3 is 0 Å². The van der Waals surface area contributed by atoms with Crippen LogP contribution >= 0.6 is 22.6 Å². The zero-order valence-electron chi connectivity index (χ0n) is 7.60. The minimum absolute atomic E-state index is 0.969. The quantitative estimate of drug-likeness (QED) is 0.779. The van der Waals surface area contributed by atoms with Crippen molar-refractivity contribution in [2.45, 2.75) is 13.3 Å². The Balaban J connectivity index is 2.57. The van der Waals surface area contributed by atoms with Crippen molar-refractivity contribution in [3.63, 3.8) is 0 Å². The molecule has 2 heteroatoms. The van der Waals surface area contributed by atoms with Crippen LogP contribution in [0.2, 0.25) is 0 Å². The van der Waals surface area contributed by atoms with E-state index >= 15 is 0 Å². The van der Waals surface area contributed by atoms with Crippen LogP contribution in [0.15, 0.2) is 24.3 Å². The molecule has 13 heavy (non-hydrogen) atoms. The van der Waals surface area contributed by atoms with Gasteiger partial charge in [0.1, 0.15) is 0 Å². The molecule has 0 aliphatic carbocycles. The predicted octanol–water partition coefficient (Wildman–Crippen LogP) is 3.51. The molecule has 0 aromatic heterocycles. The third kappa shape index (κ3) is 1.59. The van der Waals surface area contributed by atoms with Crippen LogP contribution in [-0.4, -0.2) is 6.54 Å². The van der Waals surface area contributed by atoms with E-state index in [0.29, 0.717) is 0 Å². The number of halogens is 1. The number of hydrogen-bond acceptors (Lipinski definition) is 1. The lowest BCUT2D eigenvalue weighted by molar-refractivity contribution is 1.18. The van der Waals surface area contributed by atoms with Crippen LogP contribution in [0.4, 0.5) is 5.69 Å². The van der Waals surface area contributed by atoms with Crippen molar-refractivity contribution in [1.82, 2.24) is 0 Å². The molecule has 1 aliphatic heterocycles. The Labute approximate surface area is 92.4 Å². The summed E-state index contributed by atoms with van der Waals surface area (Å²) in [5.41, 5.74) is 4.15. The van der Waals surface area contributed by atoms with E-state index in [1.807, 2.05) is 0 Å². The third-order valence-corrected chi connectivity index (χ3v) is 3.26. The first-order valence-corrected chi connectivity index (χ1v) is 5.62. The van der Waals surface area contributed by atoms with Gasteiger partial charge in [-0.2, -0.15) is 0 Å². The Morgan fingerprint density at radius 1 is 1.46 bits per heavy atom. The Morgan fingerprint density at radius 3 is 3.08 bits per heavy atom. The molecule has 68 valence electrons. The van der Waals surface area contributed by atoms with Crippen molar-refractivity contribution >= 4 is 33.9 Å². The zero-order chi connectivity index (χ0) is 9.26. The second-order valence-electron chi connectivity index (χ2n) is 3.13. The molecule has 0 fully saturated rings. The van der Waals surface area contributed by atoms with Crippen LogP contribution < -0.4 is 5.32 Å². The fourth-order valence-electron chi connectivity index (χ4n) is 1.71. The molecule has 1 nitrogen and oxygen atoms in total. The molecule has 0 atom stereocenters. The second kappa shape index (κ2) is 3.70. The highest BCUT2D eigenvalue weighted by Crippen LogP contribution is 2.32. The van der Waals surface area contributed by atoms with Gasteiger partial charge in [-0.1, -0.05) is 19.1 Å². The lowest BCUT2D eigenvalue weighted by atomic mass is 9.99. The van der Waals surface area contributed by atoms with E-state index in [2.05, 4.69) is 59.1 Å². The summed E-state index contributed by atoms with van der Waals surface area (Å²) in [5.74, 6) is 0. The molecule has 0 spiro atoms. The summed E-state index contributed by atoms with van der Waals surface area (Å²) in [7, 11) is 0. The van der Waals surface area contributed by atoms with E-state index in [1.165, 1.54) is 20.4 Å². The monoisotopic (exact) mass is 285 g/mol. The Morgan fingerprint density at radius 2 is 2.31 bits per heavy atom. The lowest BCUT2D eigenvalue weighted by Gasteiger charge is -2.19. The average Bonchev–Trinajstić information content (AvgIpc) is 2.17. The number of anilines is 1. The van der Waals surface area contributed by atoms with Gasteiger partial charge in [0.25, 0.3) is 0 Å². The molecule has 0 radical (unpaired) electrons. The fourth-order valence-corrected chi connectivity index (χ4v) is 2.55. The average molecular weight is 285 g/mol. The van der Waals surface area contributed by atoms with Gasteiger partial charge in [0.2, 0.25) is 0 Å². The smallest absolute Gasteiger partial charge is 0.0429 e. The van der Waals surface area contributed by atoms with E-state index in [0.717, 1.165) is 13.0 Å². The van der Waals surface area contributed by atoms with Gasteiger partial charge in [-0.25, -0.2) is 0 Å². The number of rotatable bonds is 1. The van der Waals surface area contributed by atoms with Crippen LogP contribution in [0, 0.1) is 3.57 Å². The van der Waals surface area contributed by atoms with E-state index in [4.69, 9.17) is 0 Å². The van der Waals surface area contributed by atoms with Crippen molar-refractivity contribution in [1.29, 1.82) is 0 Å². The van der Waals surface area contributed by atoms with Crippen LogP contribution in [-0.2, 0) is 0 Å². The topological polar surface area (TPSA) is 12.0 Å². The number of nitrogens with one attached hydrogen (secondary N) is 1. The zero-order valence-corrected chi connectivity index (χ0v) is 9.76. The summed E-state index contributed by atoms with van der Waals surface area (Å²) in [6.45, 7) is 3.18. The summed E-state index contributed by atoms with van der Waals surface area (Å²) in [6, 6.07) is 6.42. The number of benzene rings is 1. The Kier molecular flexibility index (Phi) is 2.58. The first-order valence-electron chi connectivity index (χ1n) is 4.54. The molecule has 1 heterocycles. The van der Waals surface area contributed by atoms with Gasteiger partial charge in [-0.3, -0.25) is 0 Å². The predicted molar refractivity (Wildman–Crippen MR) is 65.9 cm³/mol. The molecule has 0 bridgehead atoms. The summed E-state index contributed by atoms with van der Waals surface area (Å²) < 4.78 is 1.34. The SMILES string of the molecule is CCC1=CCNc2cccc(I)c21. The normalized spacial score (nSPS) is 14.5. The molecule has 1 aromatic rings. The largest absolute Gasteiger partial charge is 0.381 e. The van der Waals surface area contributed by atoms with Gasteiger partial charge in [-0.05, 0) is 46.7 Å². The molecular formula is C11H12IN. The number of fused-ring (bicyclic) bond motifs is 1. The maximum absolute atomic E-state index is 3.39. The summed E-state index contributed by atoms with van der Waals surface area (Å²) in [6.07, 6.45) is 3.40. The molecule has 0 saturated heterocycles. The summed E-state index contributed by atoms with van der Waals surface area (Å²) in [5, 5.41) is 3.39. The van der Waals surface area contributed by atoms with Crippen molar-refractivity contribution < 1.29 is 0 Å². The molecule has 1 N–H and O–H groups in total. The van der Waals surface area contributed by atoms with Crippen molar-refractivity contribution in [2.24, 2.45) is 0 Å². The van der Waals surface area contributed by atoms with Crippen molar-refractivity contribution in [2.75, 3.05) is 11.9 Å². The van der Waals surface area contributed by atoms with Crippen molar-refractivity contribution in [3.05, 3.63) is 33.4 Å². The van der Waals surface area contributed by atoms with Crippen molar-refractivity contribution in [3.8, 4) is 0 Å². The second-order valence-corrected chi connectivity index (χ2v) is 4.29. The van der Waals surface area contributed by atoms with E-state index in [1.54, 1.807) is 0 Å². The first-order chi connectivity index (χ1) is 6.33. The summed E-state index contributed by atoms with van der Waals surface area (Å²) in [4.78, 5) is 0. The van der Waals surface area contributed by atoms with E-state index in [-0.39, 0.29) is 0 Å². The molecule has 0 saturated carbocycles. The minimum atomic E-state index is 0.969. The van der Waals surface area contributed by atoms with Crippen LogP contribution in [0.5, 0.6) is 0 Å². The van der Waals surface area contributed by atoms with Crippen LogP contribution in [0.1, 0.15) is 18.9 Å². The highest BCUT2D eigenvalue weighted by molar-refractivity contribution is 14.1. The van der Waals surface area contributed by atoms with Crippen LogP contribution in [0.3, 0.4) is 0 Å². The molecule has 2 rings (SSSR count). The molecule has 0 amide bonds. The third-order valence-electron chi connectivity index (χ3n) is 2.36. The Bertz CT molecular complexity index is 355. The maximum atomic E-state index is 3.39. The molecule has 1 aliphatic rings. The standard InChI is InChI=1S/C11H12IN/c1-2-8-6-7-13-10-5-3-4-9(12)11(8)10/h3-6,13H,2,7H2,1H3. The van der Waals surface area contributed by atoms with E-state index < -0.39 is 0 Å². The molecule has 1 aromatic carbocycles. The molecular weight excluding hydrogens is 273 g/mol. The molecule has 0 unspecified atom stereocenters. The minimum Gasteiger partial charge on any atom is -0.381 e. The van der Waals surface area contributed by atoms with Gasteiger partial charge in [-0.15, -0.1) is 0 Å². The van der Waals surface area contributed by atoms with Gasteiger partial charge in [0, 0.05) is 21.4 Å². The van der Waals surface area contributed by atoms with Crippen LogP contribution in [0.25, 0.3) is 5.57 Å². The Hall–Kier alpha value is -0.510. The first kappa shape index (κ1) is 9.06. The van der Waals surface area contributed by atoms with Gasteiger partial charge in [0.05, 0.1) is 0 Å². The summed E-state index contributed by atoms with van der Waals surface area (Å²) >= 11 is 2.40.